The highest BCUT2D eigenvalue weighted by Gasteiger charge is 2.42. The number of carbonyl (C=O) groups is 3. The van der Waals surface area contributed by atoms with Crippen molar-refractivity contribution in [3.8, 4) is 11.5 Å². The lowest BCUT2D eigenvalue weighted by atomic mass is 9.78. The van der Waals surface area contributed by atoms with E-state index in [-0.39, 0.29) is 30.3 Å². The molecule has 0 radical (unpaired) electrons. The summed E-state index contributed by atoms with van der Waals surface area (Å²) in [5.74, 6) is -0.496. The van der Waals surface area contributed by atoms with E-state index < -0.39 is 39.2 Å². The zero-order chi connectivity index (χ0) is 43.8. The van der Waals surface area contributed by atoms with Gasteiger partial charge in [0, 0.05) is 97.4 Å². The van der Waals surface area contributed by atoms with E-state index in [1.165, 1.54) is 5.57 Å². The third-order valence-corrected chi connectivity index (χ3v) is 14.0. The second-order valence-electron chi connectivity index (χ2n) is 18.1. The number of piperidine rings is 1. The van der Waals surface area contributed by atoms with E-state index in [0.29, 0.717) is 73.9 Å². The van der Waals surface area contributed by atoms with Crippen molar-refractivity contribution in [2.24, 2.45) is 5.92 Å². The molecule has 61 heavy (non-hydrogen) atoms. The van der Waals surface area contributed by atoms with Gasteiger partial charge in [-0.25, -0.2) is 14.4 Å². The molecule has 1 atom stereocenters. The van der Waals surface area contributed by atoms with E-state index in [4.69, 9.17) is 14.6 Å². The van der Waals surface area contributed by atoms with Gasteiger partial charge in [-0.1, -0.05) is 13.5 Å². The molecule has 2 aromatic carbocycles. The Hall–Kier alpha value is -5.28. The van der Waals surface area contributed by atoms with Gasteiger partial charge in [-0.05, 0) is 89.1 Å². The predicted octanol–water partition coefficient (Wildman–Crippen LogP) is 5.15. The molecule has 0 aliphatic carbocycles. The largest absolute Gasteiger partial charge is 0.456 e. The van der Waals surface area contributed by atoms with Gasteiger partial charge in [-0.15, -0.1) is 5.06 Å². The lowest BCUT2D eigenvalue weighted by Crippen LogP contribution is -2.49. The highest BCUT2D eigenvalue weighted by Crippen LogP contribution is 2.49. The molecule has 2 fully saturated rings. The highest BCUT2D eigenvalue weighted by atomic mass is 32.2. The number of amides is 2. The number of ether oxygens (including phenoxy) is 1. The first-order valence-electron chi connectivity index (χ1n) is 21.5. The van der Waals surface area contributed by atoms with Crippen molar-refractivity contribution in [3.63, 3.8) is 0 Å². The molecule has 1 unspecified atom stereocenters. The van der Waals surface area contributed by atoms with Crippen LogP contribution in [0.5, 0.6) is 11.5 Å². The first-order chi connectivity index (χ1) is 28.8. The Morgan fingerprint density at radius 2 is 1.77 bits per heavy atom. The molecule has 6 heterocycles. The van der Waals surface area contributed by atoms with Gasteiger partial charge in [-0.2, -0.15) is 8.42 Å². The van der Waals surface area contributed by atoms with Gasteiger partial charge >= 0.3 is 5.97 Å². The third-order valence-electron chi connectivity index (χ3n) is 13.2. The Bertz CT molecular complexity index is 2620. The zero-order valence-corrected chi connectivity index (χ0v) is 37.1. The fourth-order valence-electron chi connectivity index (χ4n) is 10.4. The summed E-state index contributed by atoms with van der Waals surface area (Å²) in [6.45, 7) is 20.9. The maximum absolute atomic E-state index is 14.1. The van der Waals surface area contributed by atoms with Gasteiger partial charge in [0.15, 0.2) is 5.54 Å². The van der Waals surface area contributed by atoms with Crippen LogP contribution in [0.3, 0.4) is 0 Å². The number of allylic oxidation sites excluding steroid dienone is 2. The van der Waals surface area contributed by atoms with Gasteiger partial charge in [0.25, 0.3) is 16.0 Å². The van der Waals surface area contributed by atoms with Crippen molar-refractivity contribution < 1.29 is 36.9 Å². The Labute approximate surface area is 357 Å². The molecule has 8 rings (SSSR count). The van der Waals surface area contributed by atoms with E-state index in [1.54, 1.807) is 17.3 Å². The van der Waals surface area contributed by atoms with E-state index >= 15 is 0 Å². The van der Waals surface area contributed by atoms with Crippen LogP contribution in [0.25, 0.3) is 11.1 Å². The van der Waals surface area contributed by atoms with Crippen molar-refractivity contribution in [2.75, 3.05) is 36.8 Å². The van der Waals surface area contributed by atoms with Crippen LogP contribution >= 0.6 is 0 Å². The number of benzene rings is 2. The number of carbonyl (C=O) groups excluding carboxylic acids is 3. The van der Waals surface area contributed by atoms with Gasteiger partial charge in [0.1, 0.15) is 30.4 Å². The summed E-state index contributed by atoms with van der Waals surface area (Å²) in [6.07, 6.45) is 8.63. The Kier molecular flexibility index (Phi) is 10.8. The Morgan fingerprint density at radius 1 is 1.03 bits per heavy atom. The zero-order valence-electron chi connectivity index (χ0n) is 36.3. The topological polar surface area (TPSA) is 155 Å². The minimum absolute atomic E-state index is 0.0153. The van der Waals surface area contributed by atoms with Crippen molar-refractivity contribution >= 4 is 44.7 Å². The Balaban J connectivity index is 1.22. The quantitative estimate of drug-likeness (QED) is 0.168. The maximum Gasteiger partial charge on any atom is 0.336 e. The minimum Gasteiger partial charge on any atom is -0.456 e. The van der Waals surface area contributed by atoms with Crippen molar-refractivity contribution in [3.05, 3.63) is 88.1 Å². The van der Waals surface area contributed by atoms with E-state index in [9.17, 15) is 27.4 Å². The molecule has 324 valence electrons. The molecule has 2 saturated heterocycles. The lowest BCUT2D eigenvalue weighted by Gasteiger charge is -2.48. The van der Waals surface area contributed by atoms with E-state index in [0.717, 1.165) is 51.0 Å². The summed E-state index contributed by atoms with van der Waals surface area (Å²) in [5, 5.41) is 2.87. The molecule has 15 heteroatoms. The normalized spacial score (nSPS) is 20.8. The number of hydrogen-bond acceptors (Lipinski definition) is 9. The summed E-state index contributed by atoms with van der Waals surface area (Å²) >= 11 is 0. The Morgan fingerprint density at radius 3 is 2.41 bits per heavy atom. The maximum atomic E-state index is 14.1. The van der Waals surface area contributed by atoms with Crippen LogP contribution in [0.4, 0.5) is 5.69 Å². The summed E-state index contributed by atoms with van der Waals surface area (Å²) in [7, 11) is -4.32. The second kappa shape index (κ2) is 15.6. The highest BCUT2D eigenvalue weighted by molar-refractivity contribution is 7.85. The van der Waals surface area contributed by atoms with E-state index in [1.807, 2.05) is 16.7 Å². The van der Waals surface area contributed by atoms with Crippen molar-refractivity contribution in [1.29, 1.82) is 0 Å². The molecule has 1 N–H and O–H groups in total. The van der Waals surface area contributed by atoms with E-state index in [2.05, 4.69) is 82.7 Å². The number of rotatable bonds is 10. The number of imidazole rings is 1. The molecular weight excluding hydrogens is 797 g/mol. The predicted molar refractivity (Wildman–Crippen MR) is 232 cm³/mol. The van der Waals surface area contributed by atoms with Gasteiger partial charge in [-0.3, -0.25) is 14.1 Å². The van der Waals surface area contributed by atoms with Gasteiger partial charge in [0.05, 0.1) is 23.4 Å². The van der Waals surface area contributed by atoms with Crippen LogP contribution in [0.15, 0.2) is 55.0 Å². The molecule has 5 aliphatic heterocycles. The average molecular weight is 854 g/mol. The van der Waals surface area contributed by atoms with Crippen LogP contribution in [0, 0.1) is 5.92 Å². The monoisotopic (exact) mass is 853 g/mol. The molecule has 0 bridgehead atoms. The molecule has 5 aliphatic rings. The molecule has 3 aromatic rings. The number of aromatic nitrogens is 2. The molecular formula is C46H57N6O8S+. The first kappa shape index (κ1) is 42.4. The fraction of sp³-hybridized carbons (Fsp3) is 0.500. The number of anilines is 1. The summed E-state index contributed by atoms with van der Waals surface area (Å²) in [5.41, 5.74) is 5.22. The lowest BCUT2D eigenvalue weighted by molar-refractivity contribution is -0.192. The van der Waals surface area contributed by atoms with Crippen molar-refractivity contribution in [1.82, 2.24) is 24.1 Å². The minimum atomic E-state index is -4.32. The average Bonchev–Trinajstić information content (AvgIpc) is 3.78. The number of hydrogen-bond donors (Lipinski definition) is 1. The number of hydroxylamine groups is 2. The smallest absolute Gasteiger partial charge is 0.336 e. The third kappa shape index (κ3) is 7.68. The van der Waals surface area contributed by atoms with Crippen LogP contribution in [-0.4, -0.2) is 93.3 Å². The van der Waals surface area contributed by atoms with Gasteiger partial charge < -0.3 is 23.9 Å². The van der Waals surface area contributed by atoms with Crippen LogP contribution in [0.2, 0.25) is 0 Å². The van der Waals surface area contributed by atoms with Crippen LogP contribution < -0.4 is 24.8 Å². The van der Waals surface area contributed by atoms with Crippen LogP contribution in [0.1, 0.15) is 115 Å². The number of nitrogens with zero attached hydrogens (tertiary/aromatic N) is 6. The fourth-order valence-corrected chi connectivity index (χ4v) is 11.2. The summed E-state index contributed by atoms with van der Waals surface area (Å²) in [6, 6.07) is 8.29. The first-order valence-corrected chi connectivity index (χ1v) is 23.1. The summed E-state index contributed by atoms with van der Waals surface area (Å²) in [4.78, 5) is 53.6. The van der Waals surface area contributed by atoms with Crippen LogP contribution in [-0.2, 0) is 35.9 Å². The SMILES string of the molecule is C=C1CCC(=O)N1OC(=O)C1CCN(C(=O)Cn2ccnc2C2=c3cc4c(cc3Oc3cc5c(cc32)C(CS(=O)(=O)O)CC(C)(C)N5CC)=[N+](CC)C(C)(C)C=C4CC)CC1. The second-order valence-corrected chi connectivity index (χ2v) is 19.6. The standard InChI is InChI=1S/C46H56N6O8S/c1-9-29-24-45(5,6)50(10-2)36-22-38-34(20-32(29)36)42(35-21-33-31(27-61(56,57)58)25-46(7,8)51(11-3)37(33)23-39(35)59-38)43-47-16-19-49(43)26-41(54)48-17-14-30(15-18-48)44(55)60-52-28(4)12-13-40(52)53/h16,19-24,30-31H,4,9-15,17-18,25-27H2,1-3,5-8H3/p+1. The molecule has 14 nitrogen and oxygen atoms in total. The molecule has 0 spiro atoms. The number of likely N-dealkylation sites (tertiary alicyclic amines) is 1. The van der Waals surface area contributed by atoms with Crippen molar-refractivity contribution in [2.45, 2.75) is 111 Å². The molecule has 0 saturated carbocycles. The molecule has 1 aromatic heterocycles. The number of likely N-dealkylation sites (N-methyl/N-ethyl adjacent to an activating group) is 1. The van der Waals surface area contributed by atoms with Gasteiger partial charge in [0.2, 0.25) is 11.3 Å². The summed E-state index contributed by atoms with van der Waals surface area (Å²) < 4.78 is 46.3. The number of fused-ring (bicyclic) bond motifs is 4. The molecule has 2 amide bonds.